The van der Waals surface area contributed by atoms with Gasteiger partial charge in [0.25, 0.3) is 5.91 Å². The number of hydrogen-bond donors (Lipinski definition) is 2. The Balaban J connectivity index is 0.00000288. The molecule has 0 aliphatic carbocycles. The fraction of sp³-hybridized carbons (Fsp3) is 0.125. The summed E-state index contributed by atoms with van der Waals surface area (Å²) in [6, 6.07) is 10.0. The van der Waals surface area contributed by atoms with Crippen LogP contribution >= 0.6 is 24.2 Å². The van der Waals surface area contributed by atoms with E-state index in [0.29, 0.717) is 16.0 Å². The van der Waals surface area contributed by atoms with Crippen molar-refractivity contribution in [2.75, 3.05) is 6.54 Å². The van der Waals surface area contributed by atoms with E-state index in [1.165, 1.54) is 12.4 Å². The van der Waals surface area contributed by atoms with Gasteiger partial charge in [-0.15, -0.1) is 12.4 Å². The number of nitrogens with two attached hydrogens (primary N) is 1. The van der Waals surface area contributed by atoms with E-state index >= 15 is 0 Å². The Morgan fingerprint density at radius 3 is 2.42 bits per heavy atom. The molecule has 2 rings (SSSR count). The monoisotopic (exact) mass is 365 g/mol. The van der Waals surface area contributed by atoms with E-state index in [2.05, 4.69) is 10.3 Å². The molecular formula is C16H16ClN3O3S. The molecule has 126 valence electrons. The van der Waals surface area contributed by atoms with Crippen molar-refractivity contribution in [2.24, 2.45) is 5.73 Å². The van der Waals surface area contributed by atoms with E-state index in [1.54, 1.807) is 36.4 Å². The van der Waals surface area contributed by atoms with Crippen LogP contribution in [0.3, 0.4) is 0 Å². The molecule has 0 saturated carbocycles. The van der Waals surface area contributed by atoms with Gasteiger partial charge in [0.2, 0.25) is 11.0 Å². The number of carbonyl (C=O) groups is 3. The minimum absolute atomic E-state index is 0. The maximum atomic E-state index is 12.2. The van der Waals surface area contributed by atoms with Crippen LogP contribution in [0.25, 0.3) is 0 Å². The molecule has 0 aliphatic rings. The normalized spacial score (nSPS) is 9.67. The number of rotatable bonds is 6. The second-order valence-electron chi connectivity index (χ2n) is 4.59. The number of halogens is 1. The number of benzene rings is 1. The van der Waals surface area contributed by atoms with Crippen LogP contribution in [0.1, 0.15) is 27.1 Å². The third-order valence-corrected chi connectivity index (χ3v) is 3.90. The highest BCUT2D eigenvalue weighted by atomic mass is 35.5. The van der Waals surface area contributed by atoms with Crippen LogP contribution in [0.15, 0.2) is 53.7 Å². The van der Waals surface area contributed by atoms with E-state index < -0.39 is 5.91 Å². The number of amides is 2. The molecule has 0 aliphatic heterocycles. The van der Waals surface area contributed by atoms with Gasteiger partial charge >= 0.3 is 0 Å². The highest BCUT2D eigenvalue weighted by Gasteiger charge is 2.15. The van der Waals surface area contributed by atoms with E-state index in [1.807, 2.05) is 0 Å². The summed E-state index contributed by atoms with van der Waals surface area (Å²) >= 11 is 0.972. The zero-order chi connectivity index (χ0) is 16.7. The molecule has 0 fully saturated rings. The Morgan fingerprint density at radius 2 is 1.75 bits per heavy atom. The summed E-state index contributed by atoms with van der Waals surface area (Å²) in [4.78, 5) is 39.5. The third kappa shape index (κ3) is 5.68. The Morgan fingerprint density at radius 1 is 1.08 bits per heavy atom. The summed E-state index contributed by atoms with van der Waals surface area (Å²) < 4.78 is 0. The Labute approximate surface area is 149 Å². The molecule has 0 spiro atoms. The first-order valence-corrected chi connectivity index (χ1v) is 7.67. The number of nitrogens with one attached hydrogen (secondary N) is 1. The van der Waals surface area contributed by atoms with Gasteiger partial charge in [0.05, 0.1) is 5.56 Å². The fourth-order valence-electron chi connectivity index (χ4n) is 1.78. The lowest BCUT2D eigenvalue weighted by Crippen LogP contribution is -2.28. The lowest BCUT2D eigenvalue weighted by Gasteiger charge is -2.09. The lowest BCUT2D eigenvalue weighted by molar-refractivity contribution is -0.117. The number of carbonyl (C=O) groups excluding carboxylic acids is 3. The molecule has 0 bridgehead atoms. The quantitative estimate of drug-likeness (QED) is 0.762. The van der Waals surface area contributed by atoms with Gasteiger partial charge < -0.3 is 11.1 Å². The van der Waals surface area contributed by atoms with Gasteiger partial charge in [-0.2, -0.15) is 0 Å². The third-order valence-electron chi connectivity index (χ3n) is 2.91. The van der Waals surface area contributed by atoms with Gasteiger partial charge in [-0.1, -0.05) is 12.1 Å². The number of hydrogen-bond acceptors (Lipinski definition) is 5. The molecule has 1 aromatic carbocycles. The second-order valence-corrected chi connectivity index (χ2v) is 5.61. The summed E-state index contributed by atoms with van der Waals surface area (Å²) in [5, 5.41) is 2.43. The van der Waals surface area contributed by atoms with Crippen LogP contribution in [0, 0.1) is 0 Å². The second kappa shape index (κ2) is 9.69. The predicted octanol–water partition coefficient (Wildman–Crippen LogP) is 2.04. The molecule has 1 heterocycles. The summed E-state index contributed by atoms with van der Waals surface area (Å²) in [6.45, 7) is 0.158. The van der Waals surface area contributed by atoms with Crippen LogP contribution in [-0.2, 0) is 4.79 Å². The highest BCUT2D eigenvalue weighted by Crippen LogP contribution is 2.26. The van der Waals surface area contributed by atoms with Crippen LogP contribution < -0.4 is 11.1 Å². The Kier molecular flexibility index (Phi) is 7.94. The fourth-order valence-corrected chi connectivity index (χ4v) is 2.66. The molecular weight excluding hydrogens is 350 g/mol. The summed E-state index contributed by atoms with van der Waals surface area (Å²) in [7, 11) is 0. The zero-order valence-electron chi connectivity index (χ0n) is 12.6. The smallest absolute Gasteiger partial charge is 0.252 e. The van der Waals surface area contributed by atoms with Crippen molar-refractivity contribution in [3.63, 3.8) is 0 Å². The molecule has 0 saturated heterocycles. The van der Waals surface area contributed by atoms with Crippen molar-refractivity contribution in [1.82, 2.24) is 10.3 Å². The van der Waals surface area contributed by atoms with Gasteiger partial charge in [0.1, 0.15) is 0 Å². The maximum absolute atomic E-state index is 12.2. The van der Waals surface area contributed by atoms with Crippen molar-refractivity contribution in [3.8, 4) is 0 Å². The molecule has 3 N–H and O–H groups in total. The van der Waals surface area contributed by atoms with Gasteiger partial charge in [0, 0.05) is 35.8 Å². The molecule has 6 nitrogen and oxygen atoms in total. The van der Waals surface area contributed by atoms with Gasteiger partial charge in [-0.3, -0.25) is 19.4 Å². The van der Waals surface area contributed by atoms with Gasteiger partial charge in [-0.25, -0.2) is 0 Å². The Bertz CT molecular complexity index is 726. The molecule has 0 radical (unpaired) electrons. The minimum atomic E-state index is -0.485. The summed E-state index contributed by atoms with van der Waals surface area (Å²) in [5.74, 6) is -0.835. The summed E-state index contributed by atoms with van der Waals surface area (Å²) in [5.41, 5.74) is 5.92. The SMILES string of the molecule is Cl.NC(=O)CCNC(=O)c1ccccc1SC(=O)c1ccncc1. The molecule has 2 aromatic rings. The topological polar surface area (TPSA) is 102 Å². The molecule has 0 unspecified atom stereocenters. The average molecular weight is 366 g/mol. The first-order valence-electron chi connectivity index (χ1n) is 6.85. The minimum Gasteiger partial charge on any atom is -0.370 e. The molecule has 0 atom stereocenters. The van der Waals surface area contributed by atoms with E-state index in [4.69, 9.17) is 5.73 Å². The Hall–Kier alpha value is -2.38. The molecule has 2 amide bonds. The van der Waals surface area contributed by atoms with E-state index in [9.17, 15) is 14.4 Å². The zero-order valence-corrected chi connectivity index (χ0v) is 14.2. The van der Waals surface area contributed by atoms with E-state index in [0.717, 1.165) is 11.8 Å². The van der Waals surface area contributed by atoms with Crippen molar-refractivity contribution in [2.45, 2.75) is 11.3 Å². The largest absolute Gasteiger partial charge is 0.370 e. The number of aromatic nitrogens is 1. The number of thioether (sulfide) groups is 1. The maximum Gasteiger partial charge on any atom is 0.252 e. The van der Waals surface area contributed by atoms with Crippen LogP contribution in [0.2, 0.25) is 0 Å². The van der Waals surface area contributed by atoms with Crippen molar-refractivity contribution < 1.29 is 14.4 Å². The van der Waals surface area contributed by atoms with Crippen LogP contribution in [-0.4, -0.2) is 28.5 Å². The van der Waals surface area contributed by atoms with Gasteiger partial charge in [0.15, 0.2) is 0 Å². The van der Waals surface area contributed by atoms with Crippen LogP contribution in [0.4, 0.5) is 0 Å². The number of pyridine rings is 1. The molecule has 24 heavy (non-hydrogen) atoms. The summed E-state index contributed by atoms with van der Waals surface area (Å²) in [6.07, 6.45) is 3.14. The predicted molar refractivity (Wildman–Crippen MR) is 94.3 cm³/mol. The van der Waals surface area contributed by atoms with Crippen molar-refractivity contribution >= 4 is 41.1 Å². The molecule has 1 aromatic heterocycles. The number of primary amides is 1. The standard InChI is InChI=1S/C16H15N3O3S.ClH/c17-14(20)7-10-19-15(21)12-3-1-2-4-13(12)23-16(22)11-5-8-18-9-6-11;/h1-6,8-9H,7,10H2,(H2,17,20)(H,19,21);1H. The first-order chi connectivity index (χ1) is 11.1. The average Bonchev–Trinajstić information content (AvgIpc) is 2.55. The highest BCUT2D eigenvalue weighted by molar-refractivity contribution is 8.14. The van der Waals surface area contributed by atoms with E-state index in [-0.39, 0.29) is 36.4 Å². The van der Waals surface area contributed by atoms with Crippen LogP contribution in [0.5, 0.6) is 0 Å². The van der Waals surface area contributed by atoms with Gasteiger partial charge in [-0.05, 0) is 36.0 Å². The lowest BCUT2D eigenvalue weighted by atomic mass is 10.2. The molecule has 8 heteroatoms. The van der Waals surface area contributed by atoms with Crippen molar-refractivity contribution in [1.29, 1.82) is 0 Å². The van der Waals surface area contributed by atoms with Crippen molar-refractivity contribution in [3.05, 3.63) is 59.9 Å². The first kappa shape index (κ1) is 19.7. The number of nitrogens with zero attached hydrogens (tertiary/aromatic N) is 1.